The summed E-state index contributed by atoms with van der Waals surface area (Å²) in [5, 5.41) is 23.5. The summed E-state index contributed by atoms with van der Waals surface area (Å²) in [5.74, 6) is 0. The fraction of sp³-hybridized carbons (Fsp3) is 0.500. The maximum atomic E-state index is 9.86. The Kier molecular flexibility index (Phi) is 4.81. The molecular weight excluding hydrogens is 308 g/mol. The molecule has 0 spiro atoms. The van der Waals surface area contributed by atoms with Gasteiger partial charge in [0.15, 0.2) is 5.01 Å². The van der Waals surface area contributed by atoms with Crippen LogP contribution in [0.3, 0.4) is 0 Å². The second-order valence-corrected chi connectivity index (χ2v) is 7.29. The van der Waals surface area contributed by atoms with Gasteiger partial charge in [-0.3, -0.25) is 0 Å². The minimum absolute atomic E-state index is 0.269. The number of anilines is 1. The molecule has 2 N–H and O–H groups in total. The molecule has 2 rings (SSSR count). The largest absolute Gasteiger partial charge is 0.390 e. The van der Waals surface area contributed by atoms with E-state index >= 15 is 0 Å². The van der Waals surface area contributed by atoms with Crippen molar-refractivity contribution in [3.8, 4) is 10.6 Å². The standard InChI is InChI=1S/C14H19ClN4OS/c1-8(2)17-10-5-11(15)16-7-9(10)13-19-18-12(21-13)6-14(3,4)20/h5,7-8,20H,6H2,1-4H3,(H,16,17). The quantitative estimate of drug-likeness (QED) is 0.824. The summed E-state index contributed by atoms with van der Waals surface area (Å²) in [7, 11) is 0. The molecule has 0 aliphatic rings. The molecule has 5 nitrogen and oxygen atoms in total. The number of aromatic nitrogens is 3. The van der Waals surface area contributed by atoms with E-state index in [9.17, 15) is 5.11 Å². The Labute approximate surface area is 133 Å². The van der Waals surface area contributed by atoms with Gasteiger partial charge in [-0.05, 0) is 33.8 Å². The van der Waals surface area contributed by atoms with Crippen LogP contribution in [0.4, 0.5) is 5.69 Å². The molecule has 2 aromatic rings. The van der Waals surface area contributed by atoms with E-state index in [4.69, 9.17) is 11.6 Å². The number of nitrogens with one attached hydrogen (secondary N) is 1. The SMILES string of the molecule is CC(C)Nc1cc(Cl)ncc1-c1nnc(CC(C)(C)O)s1. The van der Waals surface area contributed by atoms with Crippen LogP contribution in [-0.4, -0.2) is 31.9 Å². The van der Waals surface area contributed by atoms with Gasteiger partial charge in [-0.2, -0.15) is 0 Å². The highest BCUT2D eigenvalue weighted by molar-refractivity contribution is 7.14. The molecule has 0 atom stereocenters. The topological polar surface area (TPSA) is 70.9 Å². The number of hydrogen-bond donors (Lipinski definition) is 2. The Bertz CT molecular complexity index is 622. The smallest absolute Gasteiger partial charge is 0.151 e. The van der Waals surface area contributed by atoms with Gasteiger partial charge in [0.25, 0.3) is 0 Å². The highest BCUT2D eigenvalue weighted by Crippen LogP contribution is 2.32. The maximum absolute atomic E-state index is 9.86. The maximum Gasteiger partial charge on any atom is 0.151 e. The van der Waals surface area contributed by atoms with E-state index < -0.39 is 5.60 Å². The molecule has 0 aliphatic carbocycles. The van der Waals surface area contributed by atoms with E-state index in [0.29, 0.717) is 11.6 Å². The predicted molar refractivity (Wildman–Crippen MR) is 86.9 cm³/mol. The van der Waals surface area contributed by atoms with Crippen LogP contribution in [0.15, 0.2) is 12.3 Å². The summed E-state index contributed by atoms with van der Waals surface area (Å²) in [6.45, 7) is 7.61. The number of nitrogens with zero attached hydrogens (tertiary/aromatic N) is 3. The minimum Gasteiger partial charge on any atom is -0.390 e. The Morgan fingerprint density at radius 3 is 2.71 bits per heavy atom. The third-order valence-corrected chi connectivity index (χ3v) is 3.76. The number of hydrogen-bond acceptors (Lipinski definition) is 6. The molecule has 0 unspecified atom stereocenters. The van der Waals surface area contributed by atoms with E-state index in [1.165, 1.54) is 11.3 Å². The van der Waals surface area contributed by atoms with Crippen molar-refractivity contribution in [2.75, 3.05) is 5.32 Å². The van der Waals surface area contributed by atoms with Crippen LogP contribution in [0.5, 0.6) is 0 Å². The van der Waals surface area contributed by atoms with Crippen molar-refractivity contribution in [2.24, 2.45) is 0 Å². The van der Waals surface area contributed by atoms with Gasteiger partial charge in [-0.15, -0.1) is 10.2 Å². The van der Waals surface area contributed by atoms with Gasteiger partial charge in [-0.1, -0.05) is 22.9 Å². The molecule has 0 radical (unpaired) electrons. The lowest BCUT2D eigenvalue weighted by molar-refractivity contribution is 0.0807. The van der Waals surface area contributed by atoms with Gasteiger partial charge < -0.3 is 10.4 Å². The van der Waals surface area contributed by atoms with Crippen LogP contribution >= 0.6 is 22.9 Å². The monoisotopic (exact) mass is 326 g/mol. The molecule has 0 saturated heterocycles. The summed E-state index contributed by atoms with van der Waals surface area (Å²) in [6.07, 6.45) is 2.17. The summed E-state index contributed by atoms with van der Waals surface area (Å²) in [5.41, 5.74) is 0.956. The third kappa shape index (κ3) is 4.62. The number of rotatable bonds is 5. The van der Waals surface area contributed by atoms with Crippen LogP contribution in [0, 0.1) is 0 Å². The first kappa shape index (κ1) is 16.1. The fourth-order valence-corrected chi connectivity index (χ4v) is 3.08. The molecule has 2 aromatic heterocycles. The first-order valence-corrected chi connectivity index (χ1v) is 7.91. The van der Waals surface area contributed by atoms with Crippen molar-refractivity contribution in [3.05, 3.63) is 22.4 Å². The average molecular weight is 327 g/mol. The van der Waals surface area contributed by atoms with Crippen molar-refractivity contribution in [1.29, 1.82) is 0 Å². The average Bonchev–Trinajstić information content (AvgIpc) is 2.74. The van der Waals surface area contributed by atoms with Gasteiger partial charge in [0, 0.05) is 24.3 Å². The number of pyridine rings is 1. The molecule has 114 valence electrons. The lowest BCUT2D eigenvalue weighted by atomic mass is 10.1. The van der Waals surface area contributed by atoms with Crippen molar-refractivity contribution in [1.82, 2.24) is 15.2 Å². The van der Waals surface area contributed by atoms with E-state index in [0.717, 1.165) is 21.3 Å². The van der Waals surface area contributed by atoms with Crippen LogP contribution in [0.2, 0.25) is 5.15 Å². The first-order valence-electron chi connectivity index (χ1n) is 6.72. The molecule has 0 fully saturated rings. The zero-order chi connectivity index (χ0) is 15.6. The Hall–Kier alpha value is -1.24. The van der Waals surface area contributed by atoms with Crippen molar-refractivity contribution in [2.45, 2.75) is 45.8 Å². The van der Waals surface area contributed by atoms with Crippen LogP contribution in [0.1, 0.15) is 32.7 Å². The molecule has 7 heteroatoms. The Morgan fingerprint density at radius 1 is 1.38 bits per heavy atom. The third-order valence-electron chi connectivity index (χ3n) is 2.60. The molecule has 21 heavy (non-hydrogen) atoms. The summed E-state index contributed by atoms with van der Waals surface area (Å²) >= 11 is 7.42. The molecule has 0 amide bonds. The zero-order valence-corrected chi connectivity index (χ0v) is 14.1. The molecule has 0 aromatic carbocycles. The Morgan fingerprint density at radius 2 is 2.10 bits per heavy atom. The highest BCUT2D eigenvalue weighted by atomic mass is 35.5. The molecule has 0 saturated carbocycles. The highest BCUT2D eigenvalue weighted by Gasteiger charge is 2.19. The Balaban J connectivity index is 2.33. The lowest BCUT2D eigenvalue weighted by Crippen LogP contribution is -2.21. The summed E-state index contributed by atoms with van der Waals surface area (Å²) in [6, 6.07) is 2.06. The van der Waals surface area contributed by atoms with Gasteiger partial charge in [0.2, 0.25) is 0 Å². The molecule has 2 heterocycles. The minimum atomic E-state index is -0.798. The second-order valence-electron chi connectivity index (χ2n) is 5.84. The van der Waals surface area contributed by atoms with Crippen molar-refractivity contribution >= 4 is 28.6 Å². The van der Waals surface area contributed by atoms with Crippen LogP contribution < -0.4 is 5.32 Å². The van der Waals surface area contributed by atoms with E-state index in [2.05, 4.69) is 34.3 Å². The van der Waals surface area contributed by atoms with E-state index in [-0.39, 0.29) is 6.04 Å². The van der Waals surface area contributed by atoms with E-state index in [1.807, 2.05) is 0 Å². The second kappa shape index (κ2) is 6.25. The van der Waals surface area contributed by atoms with Gasteiger partial charge in [0.1, 0.15) is 10.2 Å². The normalized spacial score (nSPS) is 12.0. The van der Waals surface area contributed by atoms with Crippen molar-refractivity contribution < 1.29 is 5.11 Å². The number of aliphatic hydroxyl groups is 1. The van der Waals surface area contributed by atoms with Crippen LogP contribution in [-0.2, 0) is 6.42 Å². The fourth-order valence-electron chi connectivity index (χ4n) is 1.83. The summed E-state index contributed by atoms with van der Waals surface area (Å²) < 4.78 is 0. The molecule has 0 aliphatic heterocycles. The molecular formula is C14H19ClN4OS. The van der Waals surface area contributed by atoms with Crippen LogP contribution in [0.25, 0.3) is 10.6 Å². The number of halogens is 1. The van der Waals surface area contributed by atoms with Gasteiger partial charge >= 0.3 is 0 Å². The van der Waals surface area contributed by atoms with E-state index in [1.54, 1.807) is 26.1 Å². The molecule has 0 bridgehead atoms. The first-order chi connectivity index (χ1) is 9.74. The predicted octanol–water partition coefficient (Wildman–Crippen LogP) is 3.39. The zero-order valence-electron chi connectivity index (χ0n) is 12.5. The van der Waals surface area contributed by atoms with Crippen molar-refractivity contribution in [3.63, 3.8) is 0 Å². The van der Waals surface area contributed by atoms with Gasteiger partial charge in [0.05, 0.1) is 11.2 Å². The van der Waals surface area contributed by atoms with Gasteiger partial charge in [-0.25, -0.2) is 4.98 Å². The lowest BCUT2D eigenvalue weighted by Gasteiger charge is -2.14. The summed E-state index contributed by atoms with van der Waals surface area (Å²) in [4.78, 5) is 4.12.